The first-order valence-electron chi connectivity index (χ1n) is 10.2. The van der Waals surface area contributed by atoms with Gasteiger partial charge < -0.3 is 4.90 Å². The molecule has 144 valence electrons. The molecule has 1 aliphatic rings. The van der Waals surface area contributed by atoms with Crippen LogP contribution in [0.25, 0.3) is 22.3 Å². The number of pyridine rings is 1. The number of fused-ring (bicyclic) bond motifs is 1. The van der Waals surface area contributed by atoms with E-state index in [4.69, 9.17) is 5.10 Å². The van der Waals surface area contributed by atoms with Gasteiger partial charge in [-0.3, -0.25) is 4.79 Å². The van der Waals surface area contributed by atoms with Gasteiger partial charge in [0.1, 0.15) is 5.69 Å². The highest BCUT2D eigenvalue weighted by Gasteiger charge is 2.25. The van der Waals surface area contributed by atoms with Crippen LogP contribution >= 0.6 is 0 Å². The first-order valence-corrected chi connectivity index (χ1v) is 10.2. The highest BCUT2D eigenvalue weighted by Crippen LogP contribution is 2.32. The Kier molecular flexibility index (Phi) is 5.29. The van der Waals surface area contributed by atoms with Crippen LogP contribution in [0.1, 0.15) is 45.1 Å². The number of hydrogen-bond acceptors (Lipinski definition) is 2. The normalized spacial score (nSPS) is 17.9. The third kappa shape index (κ3) is 3.47. The predicted molar refractivity (Wildman–Crippen MR) is 114 cm³/mol. The maximum Gasteiger partial charge on any atom is 0.247 e. The highest BCUT2D eigenvalue weighted by molar-refractivity contribution is 5.99. The van der Waals surface area contributed by atoms with Gasteiger partial charge in [-0.15, -0.1) is 0 Å². The van der Waals surface area contributed by atoms with Gasteiger partial charge in [0, 0.05) is 36.0 Å². The van der Waals surface area contributed by atoms with Gasteiger partial charge in [0.05, 0.1) is 5.52 Å². The van der Waals surface area contributed by atoms with E-state index in [1.165, 1.54) is 6.42 Å². The number of carbonyl (C=O) groups is 1. The smallest absolute Gasteiger partial charge is 0.247 e. The molecule has 4 rings (SSSR count). The molecule has 1 atom stereocenters. The van der Waals surface area contributed by atoms with Gasteiger partial charge in [0.15, 0.2) is 0 Å². The second kappa shape index (κ2) is 8.01. The maximum absolute atomic E-state index is 13.1. The largest absolute Gasteiger partial charge is 0.336 e. The second-order valence-electron chi connectivity index (χ2n) is 7.54. The van der Waals surface area contributed by atoms with Gasteiger partial charge in [-0.25, -0.2) is 4.52 Å². The van der Waals surface area contributed by atoms with Gasteiger partial charge >= 0.3 is 0 Å². The average Bonchev–Trinajstić information content (AvgIpc) is 3.14. The third-order valence-corrected chi connectivity index (χ3v) is 5.70. The van der Waals surface area contributed by atoms with Gasteiger partial charge in [-0.1, -0.05) is 43.3 Å². The number of allylic oxidation sites excluding steroid dienone is 1. The number of rotatable bonds is 4. The molecule has 0 N–H and O–H groups in total. The summed E-state index contributed by atoms with van der Waals surface area (Å²) < 4.78 is 1.90. The van der Waals surface area contributed by atoms with Crippen molar-refractivity contribution >= 4 is 17.0 Å². The summed E-state index contributed by atoms with van der Waals surface area (Å²) in [5.41, 5.74) is 4.99. The topological polar surface area (TPSA) is 37.6 Å². The maximum atomic E-state index is 13.1. The first-order chi connectivity index (χ1) is 13.7. The number of aromatic nitrogens is 2. The summed E-state index contributed by atoms with van der Waals surface area (Å²) in [5, 5.41) is 4.81. The Hall–Kier alpha value is -2.88. The highest BCUT2D eigenvalue weighted by atomic mass is 16.2. The second-order valence-corrected chi connectivity index (χ2v) is 7.54. The lowest BCUT2D eigenvalue weighted by molar-refractivity contribution is -0.129. The number of nitrogens with zero attached hydrogens (tertiary/aromatic N) is 3. The van der Waals surface area contributed by atoms with E-state index in [0.29, 0.717) is 6.04 Å². The Labute approximate surface area is 166 Å². The number of amides is 1. The third-order valence-electron chi connectivity index (χ3n) is 5.70. The van der Waals surface area contributed by atoms with Gasteiger partial charge in [-0.05, 0) is 50.3 Å². The minimum atomic E-state index is 0.123. The number of carbonyl (C=O) groups excluding carboxylic acids is 1. The van der Waals surface area contributed by atoms with Crippen LogP contribution in [-0.4, -0.2) is 33.0 Å². The van der Waals surface area contributed by atoms with E-state index in [9.17, 15) is 4.79 Å². The monoisotopic (exact) mass is 373 g/mol. The molecule has 0 saturated carbocycles. The predicted octanol–water partition coefficient (Wildman–Crippen LogP) is 5.20. The molecule has 1 aromatic carbocycles. The number of likely N-dealkylation sites (tertiary alicyclic amines) is 1. The molecule has 1 saturated heterocycles. The van der Waals surface area contributed by atoms with E-state index in [0.717, 1.165) is 53.7 Å². The summed E-state index contributed by atoms with van der Waals surface area (Å²) in [7, 11) is 0. The van der Waals surface area contributed by atoms with Crippen LogP contribution in [0.3, 0.4) is 0 Å². The Bertz CT molecular complexity index is 1000. The minimum absolute atomic E-state index is 0.123. The van der Waals surface area contributed by atoms with Crippen molar-refractivity contribution in [3.63, 3.8) is 0 Å². The van der Waals surface area contributed by atoms with Crippen LogP contribution in [0, 0.1) is 0 Å². The van der Waals surface area contributed by atoms with E-state index < -0.39 is 0 Å². The lowest BCUT2D eigenvalue weighted by Gasteiger charge is -2.34. The molecule has 1 fully saturated rings. The fraction of sp³-hybridized carbons (Fsp3) is 0.333. The SMILES string of the molecule is CCC1CCCCN1C(=O)C=C(C)c1c(-c2ccccc2)nn2ccccc12. The number of piperidine rings is 1. The molecule has 3 heterocycles. The van der Waals surface area contributed by atoms with E-state index >= 15 is 0 Å². The van der Waals surface area contributed by atoms with Gasteiger partial charge in [0.25, 0.3) is 0 Å². The Morgan fingerprint density at radius 3 is 2.71 bits per heavy atom. The summed E-state index contributed by atoms with van der Waals surface area (Å²) in [5.74, 6) is 0.123. The van der Waals surface area contributed by atoms with Crippen molar-refractivity contribution in [2.45, 2.75) is 45.6 Å². The zero-order valence-corrected chi connectivity index (χ0v) is 16.6. The molecule has 4 nitrogen and oxygen atoms in total. The van der Waals surface area contributed by atoms with Crippen molar-refractivity contribution < 1.29 is 4.79 Å². The van der Waals surface area contributed by atoms with Crippen LogP contribution in [0.15, 0.2) is 60.8 Å². The first kappa shape index (κ1) is 18.5. The van der Waals surface area contributed by atoms with E-state index in [-0.39, 0.29) is 5.91 Å². The molecular weight excluding hydrogens is 346 g/mol. The molecule has 0 spiro atoms. The number of benzene rings is 1. The van der Waals surface area contributed by atoms with Crippen LogP contribution in [0.2, 0.25) is 0 Å². The molecule has 3 aromatic rings. The zero-order valence-electron chi connectivity index (χ0n) is 16.6. The molecule has 1 unspecified atom stereocenters. The fourth-order valence-corrected chi connectivity index (χ4v) is 4.24. The Morgan fingerprint density at radius 2 is 1.93 bits per heavy atom. The van der Waals surface area contributed by atoms with Crippen LogP contribution in [0.4, 0.5) is 0 Å². The molecule has 0 aliphatic carbocycles. The fourth-order valence-electron chi connectivity index (χ4n) is 4.24. The minimum Gasteiger partial charge on any atom is -0.336 e. The quantitative estimate of drug-likeness (QED) is 0.590. The van der Waals surface area contributed by atoms with Crippen molar-refractivity contribution in [2.75, 3.05) is 6.54 Å². The lowest BCUT2D eigenvalue weighted by Crippen LogP contribution is -2.42. The molecule has 0 bridgehead atoms. The molecule has 1 aliphatic heterocycles. The molecule has 2 aromatic heterocycles. The standard InChI is InChI=1S/C24H27N3O/c1-3-20-13-7-9-15-26(20)22(28)17-18(2)23-21-14-8-10-16-27(21)25-24(23)19-11-5-4-6-12-19/h4-6,8,10-12,14,16-17,20H,3,7,9,13,15H2,1-2H3. The van der Waals surface area contributed by atoms with Gasteiger partial charge in [-0.2, -0.15) is 5.10 Å². The molecule has 1 amide bonds. The average molecular weight is 374 g/mol. The van der Waals surface area contributed by atoms with E-state index in [1.807, 2.05) is 54.0 Å². The Morgan fingerprint density at radius 1 is 1.14 bits per heavy atom. The van der Waals surface area contributed by atoms with Crippen molar-refractivity contribution in [3.05, 3.63) is 66.4 Å². The number of hydrogen-bond donors (Lipinski definition) is 0. The van der Waals surface area contributed by atoms with Crippen LogP contribution < -0.4 is 0 Å². The van der Waals surface area contributed by atoms with Crippen LogP contribution in [-0.2, 0) is 4.79 Å². The van der Waals surface area contributed by atoms with Crippen LogP contribution in [0.5, 0.6) is 0 Å². The van der Waals surface area contributed by atoms with Crippen molar-refractivity contribution in [3.8, 4) is 11.3 Å². The summed E-state index contributed by atoms with van der Waals surface area (Å²) >= 11 is 0. The van der Waals surface area contributed by atoms with Crippen molar-refractivity contribution in [2.24, 2.45) is 0 Å². The molecule has 0 radical (unpaired) electrons. The van der Waals surface area contributed by atoms with Crippen molar-refractivity contribution in [1.29, 1.82) is 0 Å². The summed E-state index contributed by atoms with van der Waals surface area (Å²) in [6, 6.07) is 16.6. The Balaban J connectivity index is 1.77. The van der Waals surface area contributed by atoms with E-state index in [2.05, 4.69) is 30.0 Å². The summed E-state index contributed by atoms with van der Waals surface area (Å²) in [6.45, 7) is 5.06. The van der Waals surface area contributed by atoms with Crippen molar-refractivity contribution in [1.82, 2.24) is 14.5 Å². The summed E-state index contributed by atoms with van der Waals surface area (Å²) in [4.78, 5) is 15.1. The van der Waals surface area contributed by atoms with Gasteiger partial charge in [0.2, 0.25) is 5.91 Å². The van der Waals surface area contributed by atoms with E-state index in [1.54, 1.807) is 0 Å². The summed E-state index contributed by atoms with van der Waals surface area (Å²) in [6.07, 6.45) is 8.21. The molecule has 28 heavy (non-hydrogen) atoms. The molecular formula is C24H27N3O. The zero-order chi connectivity index (χ0) is 19.5. The molecule has 4 heteroatoms. The lowest BCUT2D eigenvalue weighted by atomic mass is 9.98.